The molecule has 0 aliphatic rings. The van der Waals surface area contributed by atoms with Gasteiger partial charge in [0.15, 0.2) is 0 Å². The van der Waals surface area contributed by atoms with Crippen LogP contribution in [0.15, 0.2) is 4.99 Å². The molecule has 0 aliphatic heterocycles. The summed E-state index contributed by atoms with van der Waals surface area (Å²) in [5, 5.41) is 0. The lowest BCUT2D eigenvalue weighted by Gasteiger charge is -1.61. The Hall–Kier alpha value is -0.950. The van der Waals surface area contributed by atoms with Gasteiger partial charge in [0.2, 0.25) is 6.08 Å². The standard InChI is InChI=1S/C3H3NO2/c1-3(6)4-2-5/h1H3. The second kappa shape index (κ2) is 2.30. The lowest BCUT2D eigenvalue weighted by atomic mass is 10.8. The summed E-state index contributed by atoms with van der Waals surface area (Å²) >= 11 is 0. The van der Waals surface area contributed by atoms with Gasteiger partial charge < -0.3 is 0 Å². The molecular formula is C3H3NO2. The fourth-order valence-corrected chi connectivity index (χ4v) is 0.0643. The van der Waals surface area contributed by atoms with Crippen molar-refractivity contribution in [2.45, 2.75) is 6.92 Å². The predicted molar refractivity (Wildman–Crippen MR) is 18.8 cm³/mol. The molecule has 0 unspecified atom stereocenters. The third-order valence-electron chi connectivity index (χ3n) is 0.203. The lowest BCUT2D eigenvalue weighted by molar-refractivity contribution is -0.115. The van der Waals surface area contributed by atoms with Crippen molar-refractivity contribution in [3.63, 3.8) is 0 Å². The molecule has 0 atom stereocenters. The van der Waals surface area contributed by atoms with Gasteiger partial charge in [-0.3, -0.25) is 4.79 Å². The van der Waals surface area contributed by atoms with Crippen molar-refractivity contribution in [1.29, 1.82) is 0 Å². The van der Waals surface area contributed by atoms with Gasteiger partial charge in [-0.15, -0.1) is 4.99 Å². The number of nitrogens with zero attached hydrogens (tertiary/aromatic N) is 1. The van der Waals surface area contributed by atoms with Crippen LogP contribution in [-0.4, -0.2) is 12.0 Å². The van der Waals surface area contributed by atoms with E-state index in [1.54, 1.807) is 0 Å². The van der Waals surface area contributed by atoms with E-state index in [0.29, 0.717) is 0 Å². The molecule has 0 rings (SSSR count). The van der Waals surface area contributed by atoms with Crippen LogP contribution >= 0.6 is 0 Å². The SMILES string of the molecule is CC(=O)N=C=O. The summed E-state index contributed by atoms with van der Waals surface area (Å²) in [6.45, 7) is 1.19. The van der Waals surface area contributed by atoms with Gasteiger partial charge in [0, 0.05) is 6.92 Å². The zero-order valence-electron chi connectivity index (χ0n) is 3.26. The summed E-state index contributed by atoms with van der Waals surface area (Å²) in [7, 11) is 0. The van der Waals surface area contributed by atoms with E-state index in [0.717, 1.165) is 6.08 Å². The van der Waals surface area contributed by atoms with Crippen LogP contribution in [0.25, 0.3) is 0 Å². The fraction of sp³-hybridized carbons (Fsp3) is 0.333. The molecule has 0 bridgehead atoms. The molecule has 0 aliphatic carbocycles. The molecule has 3 nitrogen and oxygen atoms in total. The van der Waals surface area contributed by atoms with E-state index in [1.807, 2.05) is 0 Å². The maximum Gasteiger partial charge on any atom is 0.253 e. The average Bonchev–Trinajstić information content (AvgIpc) is 1.35. The Morgan fingerprint density at radius 2 is 2.33 bits per heavy atom. The van der Waals surface area contributed by atoms with Crippen LogP contribution in [0.3, 0.4) is 0 Å². The number of amides is 1. The number of rotatable bonds is 0. The zero-order valence-corrected chi connectivity index (χ0v) is 3.26. The molecule has 3 heteroatoms. The number of carbonyl (C=O) groups is 1. The average molecular weight is 85.1 g/mol. The van der Waals surface area contributed by atoms with E-state index < -0.39 is 5.91 Å². The second-order valence-corrected chi connectivity index (χ2v) is 0.722. The Morgan fingerprint density at radius 1 is 1.83 bits per heavy atom. The van der Waals surface area contributed by atoms with Gasteiger partial charge in [-0.2, -0.15) is 0 Å². The van der Waals surface area contributed by atoms with Crippen LogP contribution in [0.5, 0.6) is 0 Å². The number of isocyanates is 1. The summed E-state index contributed by atoms with van der Waals surface area (Å²) in [4.78, 5) is 21.4. The van der Waals surface area contributed by atoms with Crippen LogP contribution in [-0.2, 0) is 9.59 Å². The maximum atomic E-state index is 9.61. The van der Waals surface area contributed by atoms with Gasteiger partial charge >= 0.3 is 0 Å². The van der Waals surface area contributed by atoms with Gasteiger partial charge in [-0.05, 0) is 0 Å². The summed E-state index contributed by atoms with van der Waals surface area (Å²) in [6, 6.07) is 0. The number of hydrogen-bond acceptors (Lipinski definition) is 2. The van der Waals surface area contributed by atoms with Gasteiger partial charge in [-0.25, -0.2) is 4.79 Å². The molecule has 0 spiro atoms. The third-order valence-corrected chi connectivity index (χ3v) is 0.203. The molecular weight excluding hydrogens is 82.0 g/mol. The van der Waals surface area contributed by atoms with E-state index in [-0.39, 0.29) is 0 Å². The molecule has 0 saturated heterocycles. The van der Waals surface area contributed by atoms with Crippen LogP contribution in [0.2, 0.25) is 0 Å². The van der Waals surface area contributed by atoms with Gasteiger partial charge in [0.1, 0.15) is 0 Å². The van der Waals surface area contributed by atoms with Crippen molar-refractivity contribution in [2.24, 2.45) is 4.99 Å². The first kappa shape index (κ1) is 5.05. The molecule has 32 valence electrons. The molecule has 1 amide bonds. The Labute approximate surface area is 34.7 Å². The quantitative estimate of drug-likeness (QED) is 0.304. The number of carbonyl (C=O) groups excluding carboxylic acids is 2. The smallest absolute Gasteiger partial charge is 0.253 e. The summed E-state index contributed by atoms with van der Waals surface area (Å²) in [6.07, 6.45) is 1.09. The first-order valence-corrected chi connectivity index (χ1v) is 1.36. The molecule has 0 N–H and O–H groups in total. The first-order chi connectivity index (χ1) is 2.77. The highest BCUT2D eigenvalue weighted by Crippen LogP contribution is 1.60. The van der Waals surface area contributed by atoms with E-state index in [9.17, 15) is 4.79 Å². The minimum Gasteiger partial charge on any atom is -0.272 e. The molecule has 0 aromatic heterocycles. The van der Waals surface area contributed by atoms with Crippen LogP contribution in [0.1, 0.15) is 6.92 Å². The van der Waals surface area contributed by atoms with Gasteiger partial charge in [0.25, 0.3) is 5.91 Å². The van der Waals surface area contributed by atoms with E-state index in [1.165, 1.54) is 6.92 Å². The summed E-state index contributed by atoms with van der Waals surface area (Å²) in [5.41, 5.74) is 0. The van der Waals surface area contributed by atoms with E-state index in [2.05, 4.69) is 4.99 Å². The molecule has 6 heavy (non-hydrogen) atoms. The predicted octanol–water partition coefficient (Wildman–Crippen LogP) is -0.131. The first-order valence-electron chi connectivity index (χ1n) is 1.36. The zero-order chi connectivity index (χ0) is 4.99. The fourth-order valence-electron chi connectivity index (χ4n) is 0.0643. The normalized spacial score (nSPS) is 6.17. The largest absolute Gasteiger partial charge is 0.272 e. The third kappa shape index (κ3) is 3.05. The molecule has 0 fully saturated rings. The number of aliphatic imine (C=N–C) groups is 1. The highest BCUT2D eigenvalue weighted by molar-refractivity contribution is 5.78. The molecule has 0 heterocycles. The topological polar surface area (TPSA) is 46.5 Å². The van der Waals surface area contributed by atoms with Gasteiger partial charge in [-0.1, -0.05) is 0 Å². The Bertz CT molecular complexity index is 101. The second-order valence-electron chi connectivity index (χ2n) is 0.722. The Balaban J connectivity index is 3.60. The van der Waals surface area contributed by atoms with Crippen LogP contribution in [0, 0.1) is 0 Å². The molecule has 0 radical (unpaired) electrons. The minimum atomic E-state index is -0.509. The van der Waals surface area contributed by atoms with Crippen molar-refractivity contribution in [2.75, 3.05) is 0 Å². The van der Waals surface area contributed by atoms with E-state index >= 15 is 0 Å². The molecule has 0 saturated carbocycles. The Kier molecular flexibility index (Phi) is 1.93. The van der Waals surface area contributed by atoms with Crippen molar-refractivity contribution >= 4 is 12.0 Å². The lowest BCUT2D eigenvalue weighted by Crippen LogP contribution is -1.77. The van der Waals surface area contributed by atoms with Crippen LogP contribution in [0.4, 0.5) is 0 Å². The summed E-state index contributed by atoms with van der Waals surface area (Å²) in [5.74, 6) is -0.509. The highest BCUT2D eigenvalue weighted by atomic mass is 16.2. The molecule has 0 aromatic carbocycles. The van der Waals surface area contributed by atoms with Crippen molar-refractivity contribution in [3.05, 3.63) is 0 Å². The summed E-state index contributed by atoms with van der Waals surface area (Å²) < 4.78 is 0. The van der Waals surface area contributed by atoms with Crippen molar-refractivity contribution in [3.8, 4) is 0 Å². The highest BCUT2D eigenvalue weighted by Gasteiger charge is 1.75. The maximum absolute atomic E-state index is 9.61. The number of hydrogen-bond donors (Lipinski definition) is 0. The van der Waals surface area contributed by atoms with Crippen molar-refractivity contribution in [1.82, 2.24) is 0 Å². The van der Waals surface area contributed by atoms with Crippen LogP contribution < -0.4 is 0 Å². The Morgan fingerprint density at radius 3 is 2.33 bits per heavy atom. The minimum absolute atomic E-state index is 0.509. The molecule has 0 aromatic rings. The van der Waals surface area contributed by atoms with Crippen molar-refractivity contribution < 1.29 is 9.59 Å². The monoisotopic (exact) mass is 85.0 g/mol. The van der Waals surface area contributed by atoms with E-state index in [4.69, 9.17) is 4.79 Å². The van der Waals surface area contributed by atoms with Gasteiger partial charge in [0.05, 0.1) is 0 Å².